The van der Waals surface area contributed by atoms with E-state index >= 15 is 0 Å². The fourth-order valence-electron chi connectivity index (χ4n) is 4.08. The van der Waals surface area contributed by atoms with Crippen molar-refractivity contribution in [3.63, 3.8) is 0 Å². The quantitative estimate of drug-likeness (QED) is 0.550. The Morgan fingerprint density at radius 1 is 1.03 bits per heavy atom. The predicted molar refractivity (Wildman–Crippen MR) is 131 cm³/mol. The predicted octanol–water partition coefficient (Wildman–Crippen LogP) is 3.58. The zero-order valence-corrected chi connectivity index (χ0v) is 19.8. The van der Waals surface area contributed by atoms with E-state index in [-0.39, 0.29) is 0 Å². The third-order valence-electron chi connectivity index (χ3n) is 5.87. The van der Waals surface area contributed by atoms with Crippen LogP contribution in [0.3, 0.4) is 0 Å². The van der Waals surface area contributed by atoms with E-state index in [1.54, 1.807) is 0 Å². The minimum Gasteiger partial charge on any atom is -0.370 e. The Bertz CT molecular complexity index is 1290. The van der Waals surface area contributed by atoms with Crippen LogP contribution >= 0.6 is 0 Å². The van der Waals surface area contributed by atoms with Crippen LogP contribution in [0.4, 0.5) is 18.9 Å². The number of hydrogen-bond acceptors (Lipinski definition) is 4. The van der Waals surface area contributed by atoms with Crippen molar-refractivity contribution in [2.75, 3.05) is 18.5 Å². The van der Waals surface area contributed by atoms with E-state index < -0.39 is 53.5 Å². The highest BCUT2D eigenvalue weighted by atomic mass is 19.1. The number of benzodiazepines with no additional fused rings is 1. The third kappa shape index (κ3) is 5.56. The summed E-state index contributed by atoms with van der Waals surface area (Å²) in [5.41, 5.74) is 2.93. The van der Waals surface area contributed by atoms with Gasteiger partial charge in [-0.3, -0.25) is 14.6 Å². The summed E-state index contributed by atoms with van der Waals surface area (Å²) in [6.07, 6.45) is -1.30. The first-order chi connectivity index (χ1) is 17.2. The highest BCUT2D eigenvalue weighted by Gasteiger charge is 2.26. The fourth-order valence-corrected chi connectivity index (χ4v) is 4.08. The first-order valence-electron chi connectivity index (χ1n) is 11.4. The average Bonchev–Trinajstić information content (AvgIpc) is 2.98. The molecular formula is C27H25F3N4O2. The molecule has 0 aromatic heterocycles. The van der Waals surface area contributed by atoms with Crippen molar-refractivity contribution in [3.05, 3.63) is 101 Å². The topological polar surface area (TPSA) is 73.8 Å². The van der Waals surface area contributed by atoms with E-state index in [9.17, 15) is 22.8 Å². The largest absolute Gasteiger partial charge is 0.370 e. The number of amides is 2. The number of hydrogen-bond donors (Lipinski definition) is 2. The SMILES string of the molecule is C[C@H](NC(=O)Cc1c(F)cc(F)cc1F)C(=O)N[C@@H]1CN(C)c2ccccc2C(c2ccccc2)=N1. The summed E-state index contributed by atoms with van der Waals surface area (Å²) in [6.45, 7) is 1.84. The molecule has 0 unspecified atom stereocenters. The number of para-hydroxylation sites is 1. The summed E-state index contributed by atoms with van der Waals surface area (Å²) < 4.78 is 40.9. The molecule has 9 heteroatoms. The number of likely N-dealkylation sites (N-methyl/N-ethyl adjacent to an activating group) is 1. The van der Waals surface area contributed by atoms with E-state index in [0.717, 1.165) is 22.5 Å². The molecule has 1 heterocycles. The van der Waals surface area contributed by atoms with Gasteiger partial charge in [-0.15, -0.1) is 0 Å². The highest BCUT2D eigenvalue weighted by Crippen LogP contribution is 2.26. The molecule has 1 aliphatic heterocycles. The van der Waals surface area contributed by atoms with Gasteiger partial charge in [-0.05, 0) is 13.0 Å². The molecule has 186 valence electrons. The van der Waals surface area contributed by atoms with Gasteiger partial charge < -0.3 is 15.5 Å². The third-order valence-corrected chi connectivity index (χ3v) is 5.87. The number of anilines is 1. The van der Waals surface area contributed by atoms with Gasteiger partial charge in [0, 0.05) is 41.6 Å². The lowest BCUT2D eigenvalue weighted by atomic mass is 10.0. The number of aliphatic imine (C=N–C) groups is 1. The first-order valence-corrected chi connectivity index (χ1v) is 11.4. The number of carbonyl (C=O) groups is 2. The summed E-state index contributed by atoms with van der Waals surface area (Å²) in [5, 5.41) is 5.28. The Kier molecular flexibility index (Phi) is 7.38. The van der Waals surface area contributed by atoms with Crippen molar-refractivity contribution in [1.29, 1.82) is 0 Å². The van der Waals surface area contributed by atoms with Crippen LogP contribution in [0.25, 0.3) is 0 Å². The second kappa shape index (κ2) is 10.6. The minimum atomic E-state index is -1.16. The van der Waals surface area contributed by atoms with Crippen LogP contribution in [-0.4, -0.2) is 43.3 Å². The molecule has 0 bridgehead atoms. The molecule has 0 aliphatic carbocycles. The maximum atomic E-state index is 13.9. The first kappa shape index (κ1) is 25.0. The molecule has 2 atom stereocenters. The molecule has 1 aliphatic rings. The lowest BCUT2D eigenvalue weighted by Gasteiger charge is -2.24. The second-order valence-electron chi connectivity index (χ2n) is 8.58. The average molecular weight is 495 g/mol. The molecule has 0 fully saturated rings. The Morgan fingerprint density at radius 3 is 2.36 bits per heavy atom. The zero-order chi connectivity index (χ0) is 25.8. The van der Waals surface area contributed by atoms with Crippen LogP contribution in [0, 0.1) is 17.5 Å². The zero-order valence-electron chi connectivity index (χ0n) is 19.8. The number of fused-ring (bicyclic) bond motifs is 1. The smallest absolute Gasteiger partial charge is 0.243 e. The van der Waals surface area contributed by atoms with Gasteiger partial charge in [0.15, 0.2) is 0 Å². The van der Waals surface area contributed by atoms with Crippen molar-refractivity contribution in [2.45, 2.75) is 25.6 Å². The summed E-state index contributed by atoms with van der Waals surface area (Å²) >= 11 is 0. The molecule has 0 saturated carbocycles. The fraction of sp³-hybridized carbons (Fsp3) is 0.222. The number of carbonyl (C=O) groups excluding carboxylic acids is 2. The van der Waals surface area contributed by atoms with Crippen LogP contribution in [0.15, 0.2) is 71.7 Å². The van der Waals surface area contributed by atoms with E-state index in [1.807, 2.05) is 66.5 Å². The van der Waals surface area contributed by atoms with Crippen molar-refractivity contribution in [1.82, 2.24) is 10.6 Å². The lowest BCUT2D eigenvalue weighted by Crippen LogP contribution is -2.50. The maximum absolute atomic E-state index is 13.9. The number of rotatable bonds is 6. The Labute approximate surface area is 206 Å². The van der Waals surface area contributed by atoms with Gasteiger partial charge in [0.2, 0.25) is 11.8 Å². The molecular weight excluding hydrogens is 469 g/mol. The van der Waals surface area contributed by atoms with Gasteiger partial charge in [0.1, 0.15) is 29.7 Å². The molecule has 0 radical (unpaired) electrons. The van der Waals surface area contributed by atoms with Crippen molar-refractivity contribution < 1.29 is 22.8 Å². The summed E-state index contributed by atoms with van der Waals surface area (Å²) in [7, 11) is 1.90. The van der Waals surface area contributed by atoms with Crippen LogP contribution in [-0.2, 0) is 16.0 Å². The Hall–Kier alpha value is -4.14. The van der Waals surface area contributed by atoms with Crippen molar-refractivity contribution in [3.8, 4) is 0 Å². The number of nitrogens with one attached hydrogen (secondary N) is 2. The molecule has 0 saturated heterocycles. The van der Waals surface area contributed by atoms with Crippen LogP contribution in [0.1, 0.15) is 23.6 Å². The molecule has 36 heavy (non-hydrogen) atoms. The number of nitrogens with zero attached hydrogens (tertiary/aromatic N) is 2. The molecule has 6 nitrogen and oxygen atoms in total. The minimum absolute atomic E-state index is 0.381. The van der Waals surface area contributed by atoms with Gasteiger partial charge in [-0.25, -0.2) is 13.2 Å². The second-order valence-corrected chi connectivity index (χ2v) is 8.58. The highest BCUT2D eigenvalue weighted by molar-refractivity contribution is 6.16. The van der Waals surface area contributed by atoms with Crippen molar-refractivity contribution in [2.24, 2.45) is 4.99 Å². The van der Waals surface area contributed by atoms with Crippen LogP contribution < -0.4 is 15.5 Å². The van der Waals surface area contributed by atoms with E-state index in [2.05, 4.69) is 10.6 Å². The van der Waals surface area contributed by atoms with Gasteiger partial charge in [0.25, 0.3) is 0 Å². The van der Waals surface area contributed by atoms with E-state index in [0.29, 0.717) is 18.7 Å². The molecule has 0 spiro atoms. The number of benzene rings is 3. The standard InChI is InChI=1S/C27H25F3N4O2/c1-16(31-25(35)14-20-21(29)12-18(28)13-22(20)30)27(36)33-24-15-34(2)23-11-7-6-10-19(23)26(32-24)17-8-4-3-5-9-17/h3-13,16,24H,14-15H2,1-2H3,(H,31,35)(H,33,36)/t16-,24+/m0/s1. The molecule has 3 aromatic rings. The molecule has 2 amide bonds. The summed E-state index contributed by atoms with van der Waals surface area (Å²) in [4.78, 5) is 32.1. The number of halogens is 3. The van der Waals surface area contributed by atoms with Crippen LogP contribution in [0.5, 0.6) is 0 Å². The lowest BCUT2D eigenvalue weighted by molar-refractivity contribution is -0.128. The normalized spacial score (nSPS) is 15.9. The van der Waals surface area contributed by atoms with E-state index in [4.69, 9.17) is 4.99 Å². The summed E-state index contributed by atoms with van der Waals surface area (Å²) in [5.74, 6) is -4.69. The van der Waals surface area contributed by atoms with E-state index in [1.165, 1.54) is 6.92 Å². The van der Waals surface area contributed by atoms with Crippen LogP contribution in [0.2, 0.25) is 0 Å². The molecule has 3 aromatic carbocycles. The Balaban J connectivity index is 1.49. The molecule has 2 N–H and O–H groups in total. The Morgan fingerprint density at radius 2 is 1.67 bits per heavy atom. The van der Waals surface area contributed by atoms with Gasteiger partial charge in [-0.2, -0.15) is 0 Å². The monoisotopic (exact) mass is 494 g/mol. The maximum Gasteiger partial charge on any atom is 0.243 e. The van der Waals surface area contributed by atoms with Gasteiger partial charge in [0.05, 0.1) is 18.7 Å². The summed E-state index contributed by atoms with van der Waals surface area (Å²) in [6, 6.07) is 17.4. The molecule has 4 rings (SSSR count). The van der Waals surface area contributed by atoms with Gasteiger partial charge in [-0.1, -0.05) is 48.5 Å². The van der Waals surface area contributed by atoms with Crippen molar-refractivity contribution >= 4 is 23.2 Å². The van der Waals surface area contributed by atoms with Gasteiger partial charge >= 0.3 is 0 Å².